The molecule has 0 aliphatic heterocycles. The maximum Gasteiger partial charge on any atom is 0.390 e. The lowest BCUT2D eigenvalue weighted by Gasteiger charge is -2.17. The molecule has 2 aromatic heterocycles. The van der Waals surface area contributed by atoms with Gasteiger partial charge in [0, 0.05) is 31.4 Å². The van der Waals surface area contributed by atoms with Crippen LogP contribution in [0.1, 0.15) is 41.4 Å². The molecule has 4 N–H and O–H groups in total. The average molecular weight is 476 g/mol. The number of alkyl halides is 3. The number of carbonyl (C=O) groups is 2. The SMILES string of the molecule is CNC(=O)C(=N)C(C=NCCC(F)(F)F)NC(=O)c1nc(C2CC2)ccc1Nc1cncnc1. The van der Waals surface area contributed by atoms with Crippen molar-refractivity contribution >= 4 is 35.1 Å². The van der Waals surface area contributed by atoms with Crippen molar-refractivity contribution in [3.05, 3.63) is 42.2 Å². The van der Waals surface area contributed by atoms with E-state index in [2.05, 4.69) is 35.9 Å². The predicted octanol–water partition coefficient (Wildman–Crippen LogP) is 2.38. The molecular formula is C21H23F3N8O2. The van der Waals surface area contributed by atoms with E-state index >= 15 is 0 Å². The first-order valence-corrected chi connectivity index (χ1v) is 10.4. The normalized spacial score (nSPS) is 14.5. The van der Waals surface area contributed by atoms with Gasteiger partial charge in [0.1, 0.15) is 18.1 Å². The molecule has 10 nitrogen and oxygen atoms in total. The van der Waals surface area contributed by atoms with Gasteiger partial charge in [0.2, 0.25) is 0 Å². The number of carbonyl (C=O) groups excluding carboxylic acids is 2. The van der Waals surface area contributed by atoms with E-state index in [1.165, 1.54) is 25.8 Å². The van der Waals surface area contributed by atoms with Gasteiger partial charge in [0.15, 0.2) is 5.69 Å². The van der Waals surface area contributed by atoms with E-state index in [1.54, 1.807) is 12.1 Å². The number of amides is 2. The molecule has 1 aliphatic carbocycles. The number of aliphatic imine (C=N–C) groups is 1. The lowest BCUT2D eigenvalue weighted by Crippen LogP contribution is -2.47. The largest absolute Gasteiger partial charge is 0.390 e. The van der Waals surface area contributed by atoms with Crippen LogP contribution in [0.25, 0.3) is 0 Å². The molecule has 1 saturated carbocycles. The number of hydrogen-bond acceptors (Lipinski definition) is 8. The topological polar surface area (TPSA) is 145 Å². The van der Waals surface area contributed by atoms with Crippen LogP contribution in [0.5, 0.6) is 0 Å². The average Bonchev–Trinajstić information content (AvgIpc) is 3.65. The van der Waals surface area contributed by atoms with Crippen LogP contribution < -0.4 is 16.0 Å². The molecule has 0 aromatic carbocycles. The Bertz CT molecular complexity index is 1070. The summed E-state index contributed by atoms with van der Waals surface area (Å²) in [5.41, 5.74) is 0.955. The highest BCUT2D eigenvalue weighted by Crippen LogP contribution is 2.39. The fourth-order valence-electron chi connectivity index (χ4n) is 2.91. The summed E-state index contributed by atoms with van der Waals surface area (Å²) in [6.07, 6.45) is 1.62. The molecular weight excluding hydrogens is 453 g/mol. The van der Waals surface area contributed by atoms with Crippen LogP contribution in [0, 0.1) is 5.41 Å². The highest BCUT2D eigenvalue weighted by atomic mass is 19.4. The second-order valence-corrected chi connectivity index (χ2v) is 7.52. The van der Waals surface area contributed by atoms with E-state index in [1.807, 2.05) is 0 Å². The number of nitrogens with one attached hydrogen (secondary N) is 4. The zero-order valence-corrected chi connectivity index (χ0v) is 18.2. The standard InChI is InChI=1S/C21H23F3N8O2/c1-26-19(33)17(25)16(10-27-7-6-21(22,23)24)32-20(34)18-15(30-13-8-28-11-29-9-13)5-4-14(31-18)12-2-3-12/h4-5,8-12,16,25,30H,2-3,6-7H2,1H3,(H,26,33)(H,32,34). The van der Waals surface area contributed by atoms with Gasteiger partial charge in [-0.15, -0.1) is 0 Å². The Balaban J connectivity index is 1.85. The monoisotopic (exact) mass is 476 g/mol. The Morgan fingerprint density at radius 1 is 1.26 bits per heavy atom. The summed E-state index contributed by atoms with van der Waals surface area (Å²) in [5.74, 6) is -1.31. The Hall–Kier alpha value is -3.90. The summed E-state index contributed by atoms with van der Waals surface area (Å²) >= 11 is 0. The molecule has 1 aliphatic rings. The fourth-order valence-corrected chi connectivity index (χ4v) is 2.91. The van der Waals surface area contributed by atoms with Crippen LogP contribution in [0.15, 0.2) is 35.8 Å². The van der Waals surface area contributed by atoms with Gasteiger partial charge in [-0.25, -0.2) is 15.0 Å². The zero-order valence-electron chi connectivity index (χ0n) is 18.2. The molecule has 2 heterocycles. The molecule has 1 fully saturated rings. The van der Waals surface area contributed by atoms with Crippen LogP contribution in [0.3, 0.4) is 0 Å². The fraction of sp³-hybridized carbons (Fsp3) is 0.381. The van der Waals surface area contributed by atoms with Gasteiger partial charge in [0.25, 0.3) is 11.8 Å². The third-order valence-electron chi connectivity index (χ3n) is 4.82. The minimum absolute atomic E-state index is 0.00773. The summed E-state index contributed by atoms with van der Waals surface area (Å²) in [5, 5.41) is 15.8. The number of pyridine rings is 1. The van der Waals surface area contributed by atoms with E-state index in [4.69, 9.17) is 5.41 Å². The van der Waals surface area contributed by atoms with Crippen LogP contribution in [0.4, 0.5) is 24.5 Å². The molecule has 0 bridgehead atoms. The molecule has 1 atom stereocenters. The lowest BCUT2D eigenvalue weighted by molar-refractivity contribution is -0.132. The summed E-state index contributed by atoms with van der Waals surface area (Å²) < 4.78 is 37.2. The second kappa shape index (κ2) is 10.8. The molecule has 2 aromatic rings. The first-order valence-electron chi connectivity index (χ1n) is 10.4. The molecule has 34 heavy (non-hydrogen) atoms. The maximum atomic E-state index is 13.2. The molecule has 0 saturated heterocycles. The predicted molar refractivity (Wildman–Crippen MR) is 119 cm³/mol. The van der Waals surface area contributed by atoms with E-state index in [9.17, 15) is 22.8 Å². The van der Waals surface area contributed by atoms with Crippen molar-refractivity contribution in [2.45, 2.75) is 37.4 Å². The van der Waals surface area contributed by atoms with Gasteiger partial charge in [-0.2, -0.15) is 13.2 Å². The van der Waals surface area contributed by atoms with E-state index in [0.717, 1.165) is 24.8 Å². The van der Waals surface area contributed by atoms with Crippen molar-refractivity contribution < 1.29 is 22.8 Å². The quantitative estimate of drug-likeness (QED) is 0.388. The molecule has 0 spiro atoms. The Kier molecular flexibility index (Phi) is 7.87. The number of anilines is 2. The van der Waals surface area contributed by atoms with Gasteiger partial charge in [-0.3, -0.25) is 20.0 Å². The molecule has 1 unspecified atom stereocenters. The number of nitrogens with zero attached hydrogens (tertiary/aromatic N) is 4. The molecule has 13 heteroatoms. The van der Waals surface area contributed by atoms with Crippen molar-refractivity contribution in [1.29, 1.82) is 5.41 Å². The Morgan fingerprint density at radius 3 is 2.59 bits per heavy atom. The van der Waals surface area contributed by atoms with Crippen molar-refractivity contribution in [2.24, 2.45) is 4.99 Å². The summed E-state index contributed by atoms with van der Waals surface area (Å²) in [4.78, 5) is 41.0. The molecule has 180 valence electrons. The van der Waals surface area contributed by atoms with Gasteiger partial charge < -0.3 is 16.0 Å². The van der Waals surface area contributed by atoms with Gasteiger partial charge in [-0.1, -0.05) is 0 Å². The molecule has 3 rings (SSSR count). The maximum absolute atomic E-state index is 13.2. The number of aromatic nitrogens is 3. The summed E-state index contributed by atoms with van der Waals surface area (Å²) in [7, 11) is 1.29. The third kappa shape index (κ3) is 7.05. The lowest BCUT2D eigenvalue weighted by atomic mass is 10.1. The van der Waals surface area contributed by atoms with Crippen molar-refractivity contribution in [1.82, 2.24) is 25.6 Å². The number of hydrogen-bond donors (Lipinski definition) is 4. The molecule has 2 amide bonds. The van der Waals surface area contributed by atoms with Gasteiger partial charge >= 0.3 is 6.18 Å². The summed E-state index contributed by atoms with van der Waals surface area (Å²) in [6.45, 7) is -0.604. The Labute approximate surface area is 193 Å². The van der Waals surface area contributed by atoms with E-state index in [-0.39, 0.29) is 11.6 Å². The van der Waals surface area contributed by atoms with Crippen LogP contribution in [-0.4, -0.2) is 64.5 Å². The minimum atomic E-state index is -4.40. The van der Waals surface area contributed by atoms with Gasteiger partial charge in [0.05, 0.1) is 30.2 Å². The third-order valence-corrected chi connectivity index (χ3v) is 4.82. The smallest absolute Gasteiger partial charge is 0.354 e. The second-order valence-electron chi connectivity index (χ2n) is 7.52. The Morgan fingerprint density at radius 2 is 1.97 bits per heavy atom. The molecule has 0 radical (unpaired) electrons. The first-order chi connectivity index (χ1) is 16.2. The van der Waals surface area contributed by atoms with Crippen molar-refractivity contribution in [3.8, 4) is 0 Å². The van der Waals surface area contributed by atoms with Gasteiger partial charge in [-0.05, 0) is 25.0 Å². The highest BCUT2D eigenvalue weighted by molar-refractivity contribution is 6.42. The van der Waals surface area contributed by atoms with Crippen molar-refractivity contribution in [3.63, 3.8) is 0 Å². The number of halogens is 3. The van der Waals surface area contributed by atoms with Crippen molar-refractivity contribution in [2.75, 3.05) is 18.9 Å². The summed E-state index contributed by atoms with van der Waals surface area (Å²) in [6, 6.07) is 2.11. The zero-order chi connectivity index (χ0) is 24.7. The minimum Gasteiger partial charge on any atom is -0.354 e. The number of rotatable bonds is 10. The van der Waals surface area contributed by atoms with Crippen LogP contribution >= 0.6 is 0 Å². The highest BCUT2D eigenvalue weighted by Gasteiger charge is 2.29. The van der Waals surface area contributed by atoms with E-state index in [0.29, 0.717) is 11.4 Å². The van der Waals surface area contributed by atoms with Crippen LogP contribution in [-0.2, 0) is 4.79 Å². The van der Waals surface area contributed by atoms with E-state index < -0.39 is 42.7 Å². The van der Waals surface area contributed by atoms with Crippen LogP contribution in [0.2, 0.25) is 0 Å². The first kappa shape index (κ1) is 24.7.